The van der Waals surface area contributed by atoms with Crippen LogP contribution in [0.3, 0.4) is 0 Å². The smallest absolute Gasteiger partial charge is 0.265 e. The number of hydrogen-bond donors (Lipinski definition) is 1. The first-order chi connectivity index (χ1) is 14.5. The number of likely N-dealkylation sites (tertiary alicyclic amines) is 1. The molecule has 5 rings (SSSR count). The van der Waals surface area contributed by atoms with Gasteiger partial charge in [0.05, 0.1) is 26.3 Å². The zero-order chi connectivity index (χ0) is 20.7. The molecule has 2 amide bonds. The zero-order valence-corrected chi connectivity index (χ0v) is 17.2. The molecule has 3 saturated heterocycles. The van der Waals surface area contributed by atoms with Gasteiger partial charge in [-0.25, -0.2) is 5.06 Å². The van der Waals surface area contributed by atoms with Gasteiger partial charge in [-0.15, -0.1) is 0 Å². The lowest BCUT2D eigenvalue weighted by Crippen LogP contribution is -2.73. The molecule has 1 spiro atoms. The Balaban J connectivity index is 1.24. The Morgan fingerprint density at radius 3 is 2.70 bits per heavy atom. The molecule has 4 aliphatic rings. The van der Waals surface area contributed by atoms with Gasteiger partial charge in [-0.2, -0.15) is 0 Å². The van der Waals surface area contributed by atoms with Gasteiger partial charge in [0.15, 0.2) is 0 Å². The van der Waals surface area contributed by atoms with Gasteiger partial charge in [0.25, 0.3) is 11.8 Å². The fourth-order valence-electron chi connectivity index (χ4n) is 4.68. The summed E-state index contributed by atoms with van der Waals surface area (Å²) in [7, 11) is 0. The van der Waals surface area contributed by atoms with Crippen LogP contribution < -0.4 is 0 Å². The van der Waals surface area contributed by atoms with Crippen molar-refractivity contribution in [2.24, 2.45) is 5.92 Å². The zero-order valence-electron chi connectivity index (χ0n) is 17.2. The van der Waals surface area contributed by atoms with E-state index in [0.717, 1.165) is 19.4 Å². The lowest BCUT2D eigenvalue weighted by molar-refractivity contribution is -0.223. The molecule has 8 heteroatoms. The van der Waals surface area contributed by atoms with E-state index >= 15 is 0 Å². The molecule has 1 aromatic rings. The molecule has 1 aromatic carbocycles. The van der Waals surface area contributed by atoms with Crippen LogP contribution in [0, 0.1) is 5.92 Å². The average molecular weight is 415 g/mol. The van der Waals surface area contributed by atoms with E-state index in [1.165, 1.54) is 24.0 Å². The highest BCUT2D eigenvalue weighted by Gasteiger charge is 2.53. The van der Waals surface area contributed by atoms with Crippen LogP contribution in [0.4, 0.5) is 0 Å². The van der Waals surface area contributed by atoms with Gasteiger partial charge >= 0.3 is 0 Å². The minimum atomic E-state index is -0.416. The topological polar surface area (TPSA) is 82.6 Å². The van der Waals surface area contributed by atoms with Crippen LogP contribution in [0.2, 0.25) is 0 Å². The van der Waals surface area contributed by atoms with Crippen molar-refractivity contribution in [3.63, 3.8) is 0 Å². The van der Waals surface area contributed by atoms with E-state index in [2.05, 4.69) is 4.90 Å². The van der Waals surface area contributed by atoms with Crippen LogP contribution in [0.5, 0.6) is 5.75 Å². The predicted octanol–water partition coefficient (Wildman–Crippen LogP) is 1.25. The second kappa shape index (κ2) is 7.83. The molecular formula is C22H29N3O5. The van der Waals surface area contributed by atoms with Gasteiger partial charge in [-0.3, -0.25) is 19.3 Å². The van der Waals surface area contributed by atoms with Crippen LogP contribution in [0.1, 0.15) is 36.0 Å². The summed E-state index contributed by atoms with van der Waals surface area (Å²) in [5.74, 6) is 0.635. The van der Waals surface area contributed by atoms with Crippen molar-refractivity contribution in [3.05, 3.63) is 29.8 Å². The van der Waals surface area contributed by atoms with Crippen LogP contribution in [-0.4, -0.2) is 89.4 Å². The van der Waals surface area contributed by atoms with E-state index in [0.29, 0.717) is 50.9 Å². The quantitative estimate of drug-likeness (QED) is 0.797. The Bertz CT molecular complexity index is 815. The average Bonchev–Trinajstić information content (AvgIpc) is 3.55. The minimum Gasteiger partial charge on any atom is -0.508 e. The third-order valence-electron chi connectivity index (χ3n) is 6.54. The van der Waals surface area contributed by atoms with E-state index in [4.69, 9.17) is 9.57 Å². The first kappa shape index (κ1) is 19.8. The highest BCUT2D eigenvalue weighted by molar-refractivity contribution is 5.95. The second-order valence-electron chi connectivity index (χ2n) is 9.07. The number of morpholine rings is 1. The van der Waals surface area contributed by atoms with E-state index in [1.54, 1.807) is 23.1 Å². The molecule has 0 aromatic heterocycles. The maximum absolute atomic E-state index is 13.1. The van der Waals surface area contributed by atoms with Gasteiger partial charge in [0.2, 0.25) is 0 Å². The second-order valence-corrected chi connectivity index (χ2v) is 9.07. The molecule has 1 aliphatic carbocycles. The normalized spacial score (nSPS) is 26.5. The van der Waals surface area contributed by atoms with E-state index in [-0.39, 0.29) is 23.6 Å². The molecule has 0 bridgehead atoms. The highest BCUT2D eigenvalue weighted by Crippen LogP contribution is 2.36. The summed E-state index contributed by atoms with van der Waals surface area (Å²) >= 11 is 0. The lowest BCUT2D eigenvalue weighted by Gasteiger charge is -2.55. The van der Waals surface area contributed by atoms with Crippen molar-refractivity contribution >= 4 is 11.8 Å². The van der Waals surface area contributed by atoms with Gasteiger partial charge in [-0.05, 0) is 49.8 Å². The summed E-state index contributed by atoms with van der Waals surface area (Å²) in [6, 6.07) is 6.11. The van der Waals surface area contributed by atoms with Crippen LogP contribution >= 0.6 is 0 Å². The number of amides is 2. The van der Waals surface area contributed by atoms with Crippen LogP contribution in [0.15, 0.2) is 24.3 Å². The highest BCUT2D eigenvalue weighted by atomic mass is 16.7. The van der Waals surface area contributed by atoms with Crippen LogP contribution in [0.25, 0.3) is 0 Å². The summed E-state index contributed by atoms with van der Waals surface area (Å²) in [4.78, 5) is 35.4. The summed E-state index contributed by atoms with van der Waals surface area (Å²) in [5, 5.41) is 11.2. The maximum atomic E-state index is 13.1. The summed E-state index contributed by atoms with van der Waals surface area (Å²) in [6.45, 7) is 4.13. The summed E-state index contributed by atoms with van der Waals surface area (Å²) < 4.78 is 6.21. The molecule has 4 fully saturated rings. The summed E-state index contributed by atoms with van der Waals surface area (Å²) in [6.07, 6.45) is 4.39. The van der Waals surface area contributed by atoms with Crippen molar-refractivity contribution in [2.45, 2.75) is 37.3 Å². The third kappa shape index (κ3) is 3.91. The molecule has 30 heavy (non-hydrogen) atoms. The molecule has 1 atom stereocenters. The number of phenols is 1. The van der Waals surface area contributed by atoms with Gasteiger partial charge in [-0.1, -0.05) is 6.07 Å². The molecule has 162 valence electrons. The standard InChI is InChI=1S/C22H29N3O5/c26-18-5-3-4-17(10-18)20(27)24-14-22(15-24)13-23(11-16-6-7-16)19(12-29-22)21(28)25-8-1-2-9-30-25/h3-5,10,16,19,26H,1-2,6-9,11-15H2/t19-/m0/s1. The molecule has 0 unspecified atom stereocenters. The molecule has 1 saturated carbocycles. The van der Waals surface area contributed by atoms with Crippen molar-refractivity contribution in [2.75, 3.05) is 45.9 Å². The van der Waals surface area contributed by atoms with Gasteiger partial charge in [0, 0.05) is 25.2 Å². The maximum Gasteiger partial charge on any atom is 0.265 e. The minimum absolute atomic E-state index is 0.00258. The number of phenolic OH excluding ortho intramolecular Hbond substituents is 1. The predicted molar refractivity (Wildman–Crippen MR) is 108 cm³/mol. The van der Waals surface area contributed by atoms with Gasteiger partial charge < -0.3 is 14.7 Å². The van der Waals surface area contributed by atoms with Crippen LogP contribution in [-0.2, 0) is 14.4 Å². The Morgan fingerprint density at radius 1 is 1.17 bits per heavy atom. The van der Waals surface area contributed by atoms with E-state index in [1.807, 2.05) is 0 Å². The fraction of sp³-hybridized carbons (Fsp3) is 0.636. The number of ether oxygens (including phenoxy) is 1. The number of carbonyl (C=O) groups excluding carboxylic acids is 2. The molecule has 0 radical (unpaired) electrons. The first-order valence-electron chi connectivity index (χ1n) is 10.9. The number of benzene rings is 1. The SMILES string of the molecule is O=C(c1cccc(O)c1)N1CC2(C1)CN(CC1CC1)[C@H](C(=O)N1CCCCO1)CO2. The number of nitrogens with zero attached hydrogens (tertiary/aromatic N) is 3. The first-order valence-corrected chi connectivity index (χ1v) is 10.9. The lowest BCUT2D eigenvalue weighted by atomic mass is 9.89. The molecular weight excluding hydrogens is 386 g/mol. The number of hydroxylamine groups is 2. The monoisotopic (exact) mass is 415 g/mol. The Morgan fingerprint density at radius 2 is 2.00 bits per heavy atom. The number of carbonyl (C=O) groups is 2. The molecule has 8 nitrogen and oxygen atoms in total. The van der Waals surface area contributed by atoms with Crippen molar-refractivity contribution in [3.8, 4) is 5.75 Å². The third-order valence-corrected chi connectivity index (χ3v) is 6.54. The van der Waals surface area contributed by atoms with Crippen molar-refractivity contribution < 1.29 is 24.3 Å². The molecule has 3 heterocycles. The molecule has 3 aliphatic heterocycles. The Labute approximate surface area is 176 Å². The van der Waals surface area contributed by atoms with Crippen molar-refractivity contribution in [1.29, 1.82) is 0 Å². The summed E-state index contributed by atoms with van der Waals surface area (Å²) in [5.41, 5.74) is 0.0618. The largest absolute Gasteiger partial charge is 0.508 e. The van der Waals surface area contributed by atoms with E-state index in [9.17, 15) is 14.7 Å². The number of hydrogen-bond acceptors (Lipinski definition) is 6. The molecule has 1 N–H and O–H groups in total. The Kier molecular flexibility index (Phi) is 5.16. The number of rotatable bonds is 4. The van der Waals surface area contributed by atoms with Crippen molar-refractivity contribution in [1.82, 2.24) is 14.9 Å². The number of aromatic hydroxyl groups is 1. The van der Waals surface area contributed by atoms with Gasteiger partial charge in [0.1, 0.15) is 17.4 Å². The fourth-order valence-corrected chi connectivity index (χ4v) is 4.68. The Hall–Kier alpha value is -2.16. The van der Waals surface area contributed by atoms with E-state index < -0.39 is 5.60 Å².